The molecule has 0 bridgehead atoms. The Labute approximate surface area is 71.1 Å². The molecule has 1 N–H and O–H groups in total. The Balaban J connectivity index is 2.83. The van der Waals surface area contributed by atoms with Gasteiger partial charge in [-0.15, -0.1) is 0 Å². The standard InChI is InChI=1S/C9H12FNO/c1-9(2,12)5-7-3-4-11-6-8(7)10/h3-4,6,12H,5H2,1-2H3. The minimum atomic E-state index is -0.873. The van der Waals surface area contributed by atoms with Crippen molar-refractivity contribution in [2.75, 3.05) is 0 Å². The van der Waals surface area contributed by atoms with Gasteiger partial charge in [-0.2, -0.15) is 0 Å². The molecule has 0 radical (unpaired) electrons. The lowest BCUT2D eigenvalue weighted by Crippen LogP contribution is -2.22. The summed E-state index contributed by atoms with van der Waals surface area (Å²) in [5, 5.41) is 9.41. The van der Waals surface area contributed by atoms with Gasteiger partial charge in [0.05, 0.1) is 11.8 Å². The molecule has 0 unspecified atom stereocenters. The van der Waals surface area contributed by atoms with E-state index < -0.39 is 5.60 Å². The lowest BCUT2D eigenvalue weighted by atomic mass is 9.99. The fourth-order valence-electron chi connectivity index (χ4n) is 1.01. The van der Waals surface area contributed by atoms with Crippen molar-refractivity contribution >= 4 is 0 Å². The molecular formula is C9H12FNO. The zero-order valence-corrected chi connectivity index (χ0v) is 7.21. The first-order valence-corrected chi connectivity index (χ1v) is 3.80. The molecule has 1 aromatic rings. The average molecular weight is 169 g/mol. The van der Waals surface area contributed by atoms with Crippen molar-refractivity contribution in [2.24, 2.45) is 0 Å². The minimum Gasteiger partial charge on any atom is -0.390 e. The highest BCUT2D eigenvalue weighted by atomic mass is 19.1. The molecular weight excluding hydrogens is 157 g/mol. The summed E-state index contributed by atoms with van der Waals surface area (Å²) in [6.07, 6.45) is 2.98. The fourth-order valence-corrected chi connectivity index (χ4v) is 1.01. The van der Waals surface area contributed by atoms with Crippen LogP contribution in [0.2, 0.25) is 0 Å². The molecule has 1 rings (SSSR count). The van der Waals surface area contributed by atoms with Gasteiger partial charge in [0.25, 0.3) is 0 Å². The van der Waals surface area contributed by atoms with Crippen LogP contribution < -0.4 is 0 Å². The summed E-state index contributed by atoms with van der Waals surface area (Å²) in [5.74, 6) is -0.361. The second-order valence-electron chi connectivity index (χ2n) is 3.46. The summed E-state index contributed by atoms with van der Waals surface area (Å²) >= 11 is 0. The zero-order valence-electron chi connectivity index (χ0n) is 7.21. The summed E-state index contributed by atoms with van der Waals surface area (Å²) in [4.78, 5) is 3.62. The monoisotopic (exact) mass is 169 g/mol. The van der Waals surface area contributed by atoms with Gasteiger partial charge in [0.15, 0.2) is 0 Å². The largest absolute Gasteiger partial charge is 0.390 e. The normalized spacial score (nSPS) is 11.7. The van der Waals surface area contributed by atoms with Crippen LogP contribution in [0, 0.1) is 5.82 Å². The fraction of sp³-hybridized carbons (Fsp3) is 0.444. The Morgan fingerprint density at radius 2 is 2.25 bits per heavy atom. The van der Waals surface area contributed by atoms with Gasteiger partial charge < -0.3 is 5.11 Å². The van der Waals surface area contributed by atoms with Crippen molar-refractivity contribution in [3.8, 4) is 0 Å². The van der Waals surface area contributed by atoms with E-state index in [0.717, 1.165) is 6.20 Å². The van der Waals surface area contributed by atoms with Crippen LogP contribution in [-0.4, -0.2) is 15.7 Å². The molecule has 0 aromatic carbocycles. The van der Waals surface area contributed by atoms with Gasteiger partial charge in [0.1, 0.15) is 5.82 Å². The summed E-state index contributed by atoms with van der Waals surface area (Å²) in [6.45, 7) is 3.29. The van der Waals surface area contributed by atoms with Gasteiger partial charge in [-0.1, -0.05) is 0 Å². The molecule has 2 nitrogen and oxygen atoms in total. The van der Waals surface area contributed by atoms with Crippen LogP contribution in [0.4, 0.5) is 4.39 Å². The Kier molecular flexibility index (Phi) is 2.43. The molecule has 66 valence electrons. The van der Waals surface area contributed by atoms with Crippen molar-refractivity contribution in [3.63, 3.8) is 0 Å². The Morgan fingerprint density at radius 1 is 1.58 bits per heavy atom. The van der Waals surface area contributed by atoms with Crippen molar-refractivity contribution in [3.05, 3.63) is 29.8 Å². The van der Waals surface area contributed by atoms with E-state index in [2.05, 4.69) is 4.98 Å². The summed E-state index contributed by atoms with van der Waals surface area (Å²) in [7, 11) is 0. The van der Waals surface area contributed by atoms with E-state index in [9.17, 15) is 9.50 Å². The van der Waals surface area contributed by atoms with E-state index in [4.69, 9.17) is 0 Å². The molecule has 0 aliphatic heterocycles. The van der Waals surface area contributed by atoms with Crippen LogP contribution in [0.15, 0.2) is 18.5 Å². The topological polar surface area (TPSA) is 33.1 Å². The maximum atomic E-state index is 12.9. The second-order valence-corrected chi connectivity index (χ2v) is 3.46. The zero-order chi connectivity index (χ0) is 9.19. The van der Waals surface area contributed by atoms with Crippen molar-refractivity contribution in [1.29, 1.82) is 0 Å². The summed E-state index contributed by atoms with van der Waals surface area (Å²) in [6, 6.07) is 1.58. The SMILES string of the molecule is CC(C)(O)Cc1ccncc1F. The van der Waals surface area contributed by atoms with Gasteiger partial charge in [-0.3, -0.25) is 4.98 Å². The number of nitrogens with zero attached hydrogens (tertiary/aromatic N) is 1. The summed E-state index contributed by atoms with van der Waals surface area (Å²) < 4.78 is 12.9. The third kappa shape index (κ3) is 2.58. The molecule has 0 spiro atoms. The highest BCUT2D eigenvalue weighted by Gasteiger charge is 2.15. The molecule has 12 heavy (non-hydrogen) atoms. The number of aromatic nitrogens is 1. The average Bonchev–Trinajstić information content (AvgIpc) is 1.91. The first-order chi connectivity index (χ1) is 5.49. The van der Waals surface area contributed by atoms with E-state index >= 15 is 0 Å². The summed E-state index contributed by atoms with van der Waals surface area (Å²) in [5.41, 5.74) is -0.375. The number of aliphatic hydroxyl groups is 1. The predicted octanol–water partition coefficient (Wildman–Crippen LogP) is 1.53. The molecule has 0 saturated carbocycles. The molecule has 0 saturated heterocycles. The smallest absolute Gasteiger partial charge is 0.144 e. The van der Waals surface area contributed by atoms with E-state index in [-0.39, 0.29) is 5.82 Å². The van der Waals surface area contributed by atoms with Crippen LogP contribution in [0.1, 0.15) is 19.4 Å². The van der Waals surface area contributed by atoms with Gasteiger partial charge >= 0.3 is 0 Å². The number of rotatable bonds is 2. The van der Waals surface area contributed by atoms with Crippen LogP contribution in [0.5, 0.6) is 0 Å². The molecule has 0 aliphatic rings. The van der Waals surface area contributed by atoms with E-state index in [1.807, 2.05) is 0 Å². The first-order valence-electron chi connectivity index (χ1n) is 3.80. The highest BCUT2D eigenvalue weighted by Crippen LogP contribution is 2.13. The van der Waals surface area contributed by atoms with Crippen LogP contribution in [0.3, 0.4) is 0 Å². The Hall–Kier alpha value is -0.960. The van der Waals surface area contributed by atoms with Crippen LogP contribution in [0.25, 0.3) is 0 Å². The molecule has 0 aliphatic carbocycles. The van der Waals surface area contributed by atoms with Gasteiger partial charge in [-0.25, -0.2) is 4.39 Å². The number of halogens is 1. The van der Waals surface area contributed by atoms with E-state index in [0.29, 0.717) is 12.0 Å². The maximum absolute atomic E-state index is 12.9. The quantitative estimate of drug-likeness (QED) is 0.728. The highest BCUT2D eigenvalue weighted by molar-refractivity contribution is 5.14. The molecule has 0 fully saturated rings. The maximum Gasteiger partial charge on any atom is 0.144 e. The lowest BCUT2D eigenvalue weighted by Gasteiger charge is -2.16. The Bertz CT molecular complexity index is 267. The van der Waals surface area contributed by atoms with Crippen molar-refractivity contribution < 1.29 is 9.50 Å². The van der Waals surface area contributed by atoms with Crippen LogP contribution in [-0.2, 0) is 6.42 Å². The van der Waals surface area contributed by atoms with Gasteiger partial charge in [0.2, 0.25) is 0 Å². The second kappa shape index (κ2) is 3.19. The van der Waals surface area contributed by atoms with Crippen molar-refractivity contribution in [1.82, 2.24) is 4.98 Å². The molecule has 1 aromatic heterocycles. The number of pyridine rings is 1. The lowest BCUT2D eigenvalue weighted by molar-refractivity contribution is 0.0800. The van der Waals surface area contributed by atoms with Gasteiger partial charge in [0, 0.05) is 12.6 Å². The van der Waals surface area contributed by atoms with E-state index in [1.54, 1.807) is 19.9 Å². The van der Waals surface area contributed by atoms with Crippen molar-refractivity contribution in [2.45, 2.75) is 25.9 Å². The molecule has 3 heteroatoms. The third-order valence-electron chi connectivity index (χ3n) is 1.48. The van der Waals surface area contributed by atoms with E-state index in [1.165, 1.54) is 6.20 Å². The Morgan fingerprint density at radius 3 is 2.75 bits per heavy atom. The third-order valence-corrected chi connectivity index (χ3v) is 1.48. The number of hydrogen-bond donors (Lipinski definition) is 1. The molecule has 0 atom stereocenters. The minimum absolute atomic E-state index is 0.307. The molecule has 0 amide bonds. The first kappa shape index (κ1) is 9.13. The van der Waals surface area contributed by atoms with Gasteiger partial charge in [-0.05, 0) is 25.5 Å². The van der Waals surface area contributed by atoms with Crippen LogP contribution >= 0.6 is 0 Å². The number of hydrogen-bond acceptors (Lipinski definition) is 2. The predicted molar refractivity (Wildman–Crippen MR) is 44.2 cm³/mol. The molecule has 1 heterocycles.